The summed E-state index contributed by atoms with van der Waals surface area (Å²) in [6.07, 6.45) is 6.54. The van der Waals surface area contributed by atoms with Crippen molar-refractivity contribution in [2.75, 3.05) is 18.4 Å². The van der Waals surface area contributed by atoms with Gasteiger partial charge in [0.2, 0.25) is 5.91 Å². The Morgan fingerprint density at radius 1 is 1.19 bits per heavy atom. The van der Waals surface area contributed by atoms with E-state index in [4.69, 9.17) is 16.6 Å². The lowest BCUT2D eigenvalue weighted by atomic mass is 9.97. The molecule has 1 aliphatic carbocycles. The SMILES string of the molecule is Cc1cc(Cl)ccc1NC(=O)Cn1c(CN2CCCC2)nc2sc3c(c2c1=O)CCCC3. The lowest BCUT2D eigenvalue weighted by Gasteiger charge is -2.18. The Labute approximate surface area is 196 Å². The van der Waals surface area contributed by atoms with Crippen LogP contribution in [0.15, 0.2) is 23.0 Å². The van der Waals surface area contributed by atoms with Gasteiger partial charge in [0.05, 0.1) is 11.9 Å². The molecule has 0 atom stereocenters. The molecular formula is C24H27ClN4O2S. The maximum Gasteiger partial charge on any atom is 0.263 e. The molecule has 1 fully saturated rings. The van der Waals surface area contributed by atoms with Crippen molar-refractivity contribution in [1.82, 2.24) is 14.5 Å². The summed E-state index contributed by atoms with van der Waals surface area (Å²) in [5.74, 6) is 0.455. The maximum atomic E-state index is 13.7. The van der Waals surface area contributed by atoms with E-state index in [1.54, 1.807) is 28.0 Å². The molecule has 1 saturated heterocycles. The molecule has 2 aromatic heterocycles. The van der Waals surface area contributed by atoms with E-state index in [1.165, 1.54) is 4.88 Å². The molecule has 1 aromatic carbocycles. The number of nitrogens with zero attached hydrogens (tertiary/aromatic N) is 3. The van der Waals surface area contributed by atoms with Gasteiger partial charge in [0.15, 0.2) is 0 Å². The van der Waals surface area contributed by atoms with Gasteiger partial charge in [-0.15, -0.1) is 11.3 Å². The fourth-order valence-electron chi connectivity index (χ4n) is 4.81. The predicted octanol–water partition coefficient (Wildman–Crippen LogP) is 4.53. The Balaban J connectivity index is 1.52. The third-order valence-corrected chi connectivity index (χ3v) is 7.90. The highest BCUT2D eigenvalue weighted by Crippen LogP contribution is 2.34. The third kappa shape index (κ3) is 4.21. The molecule has 3 aromatic rings. The summed E-state index contributed by atoms with van der Waals surface area (Å²) in [6, 6.07) is 5.36. The second-order valence-electron chi connectivity index (χ2n) is 8.80. The molecule has 8 heteroatoms. The quantitative estimate of drug-likeness (QED) is 0.594. The van der Waals surface area contributed by atoms with Gasteiger partial charge in [0.1, 0.15) is 17.2 Å². The van der Waals surface area contributed by atoms with Gasteiger partial charge >= 0.3 is 0 Å². The van der Waals surface area contributed by atoms with Gasteiger partial charge in [-0.1, -0.05) is 11.6 Å². The number of carbonyl (C=O) groups excluding carboxylic acids is 1. The van der Waals surface area contributed by atoms with E-state index in [2.05, 4.69) is 10.2 Å². The number of hydrogen-bond acceptors (Lipinski definition) is 5. The number of hydrogen-bond donors (Lipinski definition) is 1. The minimum Gasteiger partial charge on any atom is -0.324 e. The fourth-order valence-corrected chi connectivity index (χ4v) is 6.30. The first-order valence-electron chi connectivity index (χ1n) is 11.3. The minimum absolute atomic E-state index is 0.0440. The average Bonchev–Trinajstić information content (AvgIpc) is 3.40. The van der Waals surface area contributed by atoms with Crippen LogP contribution in [0.25, 0.3) is 10.2 Å². The molecule has 0 radical (unpaired) electrons. The predicted molar refractivity (Wildman–Crippen MR) is 130 cm³/mol. The summed E-state index contributed by atoms with van der Waals surface area (Å²) >= 11 is 7.70. The average molecular weight is 471 g/mol. The zero-order valence-corrected chi connectivity index (χ0v) is 19.8. The third-order valence-electron chi connectivity index (χ3n) is 6.48. The molecule has 6 nitrogen and oxygen atoms in total. The van der Waals surface area contributed by atoms with Gasteiger partial charge in [0, 0.05) is 15.6 Å². The number of benzene rings is 1. The van der Waals surface area contributed by atoms with Gasteiger partial charge in [0.25, 0.3) is 5.56 Å². The van der Waals surface area contributed by atoms with E-state index in [0.717, 1.165) is 73.0 Å². The molecule has 1 aliphatic heterocycles. The van der Waals surface area contributed by atoms with Crippen LogP contribution in [0, 0.1) is 6.92 Å². The summed E-state index contributed by atoms with van der Waals surface area (Å²) in [6.45, 7) is 4.46. The van der Waals surface area contributed by atoms with E-state index in [0.29, 0.717) is 23.1 Å². The number of likely N-dealkylation sites (tertiary alicyclic amines) is 1. The molecule has 1 N–H and O–H groups in total. The number of aromatic nitrogens is 2. The van der Waals surface area contributed by atoms with E-state index >= 15 is 0 Å². The van der Waals surface area contributed by atoms with Gasteiger partial charge in [-0.25, -0.2) is 4.98 Å². The monoisotopic (exact) mass is 470 g/mol. The van der Waals surface area contributed by atoms with Gasteiger partial charge in [-0.2, -0.15) is 0 Å². The maximum absolute atomic E-state index is 13.7. The zero-order valence-electron chi connectivity index (χ0n) is 18.2. The van der Waals surface area contributed by atoms with Crippen molar-refractivity contribution in [2.45, 2.75) is 58.5 Å². The Morgan fingerprint density at radius 2 is 1.97 bits per heavy atom. The van der Waals surface area contributed by atoms with Gasteiger partial charge < -0.3 is 5.32 Å². The largest absolute Gasteiger partial charge is 0.324 e. The molecule has 168 valence electrons. The second-order valence-corrected chi connectivity index (χ2v) is 10.3. The van der Waals surface area contributed by atoms with Crippen LogP contribution in [-0.2, 0) is 30.7 Å². The molecule has 3 heterocycles. The number of aryl methyl sites for hydroxylation is 3. The van der Waals surface area contributed by atoms with Crippen LogP contribution in [0.5, 0.6) is 0 Å². The van der Waals surface area contributed by atoms with Crippen molar-refractivity contribution in [2.24, 2.45) is 0 Å². The van der Waals surface area contributed by atoms with Crippen molar-refractivity contribution >= 4 is 44.7 Å². The minimum atomic E-state index is -0.231. The van der Waals surface area contributed by atoms with E-state index in [-0.39, 0.29) is 18.0 Å². The highest BCUT2D eigenvalue weighted by Gasteiger charge is 2.24. The lowest BCUT2D eigenvalue weighted by Crippen LogP contribution is -2.34. The van der Waals surface area contributed by atoms with Crippen LogP contribution in [0.2, 0.25) is 5.02 Å². The second kappa shape index (κ2) is 8.96. The Kier molecular flexibility index (Phi) is 6.05. The van der Waals surface area contributed by atoms with E-state index < -0.39 is 0 Å². The Bertz CT molecular complexity index is 1240. The van der Waals surface area contributed by atoms with Crippen LogP contribution < -0.4 is 10.9 Å². The van der Waals surface area contributed by atoms with Gasteiger partial charge in [-0.3, -0.25) is 19.1 Å². The van der Waals surface area contributed by atoms with E-state index in [1.807, 2.05) is 13.0 Å². The van der Waals surface area contributed by atoms with Crippen LogP contribution in [0.3, 0.4) is 0 Å². The fraction of sp³-hybridized carbons (Fsp3) is 0.458. The normalized spacial score (nSPS) is 16.4. The molecule has 0 unspecified atom stereocenters. The number of anilines is 1. The van der Waals surface area contributed by atoms with E-state index in [9.17, 15) is 9.59 Å². The first-order valence-corrected chi connectivity index (χ1v) is 12.5. The van der Waals surface area contributed by atoms with Crippen LogP contribution in [0.4, 0.5) is 5.69 Å². The Morgan fingerprint density at radius 3 is 2.75 bits per heavy atom. The number of carbonyl (C=O) groups is 1. The van der Waals surface area contributed by atoms with Crippen molar-refractivity contribution in [3.63, 3.8) is 0 Å². The summed E-state index contributed by atoms with van der Waals surface area (Å²) in [4.78, 5) is 36.0. The van der Waals surface area contributed by atoms with Crippen molar-refractivity contribution in [1.29, 1.82) is 0 Å². The topological polar surface area (TPSA) is 67.2 Å². The molecule has 5 rings (SSSR count). The summed E-state index contributed by atoms with van der Waals surface area (Å²) in [5, 5.41) is 4.30. The number of fused-ring (bicyclic) bond motifs is 3. The summed E-state index contributed by atoms with van der Waals surface area (Å²) < 4.78 is 1.60. The molecule has 1 amide bonds. The zero-order chi connectivity index (χ0) is 22.2. The number of amides is 1. The molecule has 0 saturated carbocycles. The number of rotatable bonds is 5. The first kappa shape index (κ1) is 21.6. The molecule has 2 aliphatic rings. The van der Waals surface area contributed by atoms with Crippen LogP contribution in [0.1, 0.15) is 47.5 Å². The van der Waals surface area contributed by atoms with Crippen molar-refractivity contribution in [3.8, 4) is 0 Å². The smallest absolute Gasteiger partial charge is 0.263 e. The highest BCUT2D eigenvalue weighted by atomic mass is 35.5. The van der Waals surface area contributed by atoms with Crippen LogP contribution in [-0.4, -0.2) is 33.4 Å². The number of nitrogens with one attached hydrogen (secondary N) is 1. The first-order chi connectivity index (χ1) is 15.5. The highest BCUT2D eigenvalue weighted by molar-refractivity contribution is 7.18. The summed E-state index contributed by atoms with van der Waals surface area (Å²) in [5.41, 5.74) is 2.67. The standard InChI is InChI=1S/C24H27ClN4O2S/c1-15-12-16(25)8-9-18(15)26-21(30)14-29-20(13-28-10-4-5-11-28)27-23-22(24(29)31)17-6-2-3-7-19(17)32-23/h8-9,12H,2-7,10-11,13-14H2,1H3,(H,26,30). The summed E-state index contributed by atoms with van der Waals surface area (Å²) in [7, 11) is 0. The van der Waals surface area contributed by atoms with Gasteiger partial charge in [-0.05, 0) is 87.9 Å². The molecule has 32 heavy (non-hydrogen) atoms. The number of thiophene rings is 1. The van der Waals surface area contributed by atoms with Crippen molar-refractivity contribution < 1.29 is 4.79 Å². The number of halogens is 1. The Hall–Kier alpha value is -2.22. The molecule has 0 bridgehead atoms. The van der Waals surface area contributed by atoms with Crippen molar-refractivity contribution in [3.05, 3.63) is 55.4 Å². The lowest BCUT2D eigenvalue weighted by molar-refractivity contribution is -0.116. The van der Waals surface area contributed by atoms with Crippen LogP contribution >= 0.6 is 22.9 Å². The molecular weight excluding hydrogens is 444 g/mol. The molecule has 0 spiro atoms.